The fourth-order valence-corrected chi connectivity index (χ4v) is 0.671. The Morgan fingerprint density at radius 1 is 0.692 bits per heavy atom. The van der Waals surface area contributed by atoms with E-state index in [1.165, 1.54) is 0 Å². The van der Waals surface area contributed by atoms with Crippen molar-refractivity contribution in [3.8, 4) is 0 Å². The van der Waals surface area contributed by atoms with Crippen LogP contribution in [-0.4, -0.2) is 68.3 Å². The number of aliphatic hydroxyl groups is 6. The van der Waals surface area contributed by atoms with Gasteiger partial charge in [0.1, 0.15) is 24.4 Å². The van der Waals surface area contributed by atoms with E-state index in [4.69, 9.17) is 30.6 Å². The van der Waals surface area contributed by atoms with E-state index in [1.807, 2.05) is 0 Å². The molecule has 0 saturated carbocycles. The molecule has 82 valence electrons. The van der Waals surface area contributed by atoms with Crippen LogP contribution in [0.1, 0.15) is 0 Å². The molecule has 0 saturated heterocycles. The molecule has 6 nitrogen and oxygen atoms in total. The summed E-state index contributed by atoms with van der Waals surface area (Å²) in [6.45, 7) is -1.45. The molecule has 0 aliphatic heterocycles. The second-order valence-electron chi connectivity index (χ2n) is 2.48. The van der Waals surface area contributed by atoms with Crippen molar-refractivity contribution in [3.63, 3.8) is 0 Å². The third kappa shape index (κ3) is 4.90. The molecule has 4 atom stereocenters. The number of hydrogen-bond donors (Lipinski definition) is 6. The Morgan fingerprint density at radius 2 is 0.923 bits per heavy atom. The van der Waals surface area contributed by atoms with E-state index in [9.17, 15) is 0 Å². The average Bonchev–Trinajstić information content (AvgIpc) is 2.12. The van der Waals surface area contributed by atoms with Crippen LogP contribution in [0.25, 0.3) is 0 Å². The first-order chi connectivity index (χ1) is 5.54. The third-order valence-corrected chi connectivity index (χ3v) is 1.51. The van der Waals surface area contributed by atoms with Crippen LogP contribution < -0.4 is 0 Å². The van der Waals surface area contributed by atoms with Crippen molar-refractivity contribution in [2.24, 2.45) is 0 Å². The van der Waals surface area contributed by atoms with Crippen molar-refractivity contribution in [1.29, 1.82) is 0 Å². The van der Waals surface area contributed by atoms with Gasteiger partial charge in [-0.1, -0.05) is 0 Å². The van der Waals surface area contributed by atoms with Gasteiger partial charge < -0.3 is 30.6 Å². The van der Waals surface area contributed by atoms with E-state index in [-0.39, 0.29) is 17.1 Å². The normalized spacial score (nSPS) is 19.8. The fraction of sp³-hybridized carbons (Fsp3) is 1.00. The van der Waals surface area contributed by atoms with Gasteiger partial charge in [0.2, 0.25) is 0 Å². The molecule has 0 aliphatic rings. The minimum atomic E-state index is -1.67. The van der Waals surface area contributed by atoms with Crippen molar-refractivity contribution in [3.05, 3.63) is 0 Å². The van der Waals surface area contributed by atoms with E-state index < -0.39 is 37.6 Å². The average molecular weight is 238 g/mol. The van der Waals surface area contributed by atoms with Gasteiger partial charge in [0.25, 0.3) is 0 Å². The van der Waals surface area contributed by atoms with Crippen LogP contribution in [-0.2, 0) is 17.1 Å². The first-order valence-electron chi connectivity index (χ1n) is 3.48. The smallest absolute Gasteiger partial charge is 0.111 e. The van der Waals surface area contributed by atoms with Gasteiger partial charge in [0, 0.05) is 17.1 Å². The maximum Gasteiger partial charge on any atom is 0.111 e. The van der Waals surface area contributed by atoms with E-state index in [0.717, 1.165) is 0 Å². The first kappa shape index (κ1) is 15.7. The summed E-state index contributed by atoms with van der Waals surface area (Å²) < 4.78 is 0. The fourth-order valence-electron chi connectivity index (χ4n) is 0.671. The minimum absolute atomic E-state index is 0. The topological polar surface area (TPSA) is 121 Å². The number of aliphatic hydroxyl groups excluding tert-OH is 6. The summed E-state index contributed by atoms with van der Waals surface area (Å²) in [4.78, 5) is 0. The number of hydrogen-bond acceptors (Lipinski definition) is 6. The van der Waals surface area contributed by atoms with Crippen LogP contribution >= 0.6 is 0 Å². The van der Waals surface area contributed by atoms with E-state index >= 15 is 0 Å². The second-order valence-corrected chi connectivity index (χ2v) is 2.48. The molecule has 0 aromatic carbocycles. The molecule has 0 heterocycles. The third-order valence-electron chi connectivity index (χ3n) is 1.51. The van der Waals surface area contributed by atoms with Gasteiger partial charge in [-0.15, -0.1) is 0 Å². The molecule has 0 fully saturated rings. The van der Waals surface area contributed by atoms with Crippen LogP contribution in [0.4, 0.5) is 0 Å². The zero-order valence-corrected chi connectivity index (χ0v) is 7.86. The molecular formula is C6H14FeO6. The summed E-state index contributed by atoms with van der Waals surface area (Å²) in [6.07, 6.45) is -6.39. The van der Waals surface area contributed by atoms with Crippen molar-refractivity contribution in [2.45, 2.75) is 24.4 Å². The molecule has 0 aliphatic carbocycles. The Hall–Kier alpha value is 0.279. The molecule has 0 amide bonds. The standard InChI is InChI=1S/C6H14O6.Fe/c7-1-3(9)5(11)6(12)4(10)2-8;/h3-12H,1-2H2;/t3-,4+,5-,6-;/m1./s1. The molecule has 7 heteroatoms. The molecule has 0 spiro atoms. The largest absolute Gasteiger partial charge is 0.394 e. The van der Waals surface area contributed by atoms with Gasteiger partial charge in [-0.05, 0) is 0 Å². The molecule has 0 bridgehead atoms. The molecule has 0 radical (unpaired) electrons. The van der Waals surface area contributed by atoms with E-state index in [1.54, 1.807) is 0 Å². The van der Waals surface area contributed by atoms with Gasteiger partial charge in [0.15, 0.2) is 0 Å². The van der Waals surface area contributed by atoms with Crippen LogP contribution in [0.15, 0.2) is 0 Å². The molecule has 0 aromatic heterocycles. The second kappa shape index (κ2) is 7.66. The van der Waals surface area contributed by atoms with Gasteiger partial charge in [0.05, 0.1) is 13.2 Å². The molecule has 0 aromatic rings. The molecule has 0 rings (SSSR count). The zero-order valence-electron chi connectivity index (χ0n) is 6.76. The van der Waals surface area contributed by atoms with Gasteiger partial charge in [-0.25, -0.2) is 0 Å². The summed E-state index contributed by atoms with van der Waals surface area (Å²) in [5.41, 5.74) is 0. The van der Waals surface area contributed by atoms with Crippen molar-refractivity contribution < 1.29 is 47.7 Å². The van der Waals surface area contributed by atoms with Crippen LogP contribution in [0.2, 0.25) is 0 Å². The summed E-state index contributed by atoms with van der Waals surface area (Å²) in [5, 5.41) is 52.2. The maximum atomic E-state index is 8.96. The monoisotopic (exact) mass is 238 g/mol. The molecule has 6 N–H and O–H groups in total. The Labute approximate surface area is 85.9 Å². The van der Waals surface area contributed by atoms with Gasteiger partial charge in [-0.3, -0.25) is 0 Å². The Bertz CT molecular complexity index is 110. The predicted octanol–water partition coefficient (Wildman–Crippen LogP) is -3.59. The zero-order chi connectivity index (χ0) is 9.72. The van der Waals surface area contributed by atoms with Crippen LogP contribution in [0, 0.1) is 0 Å². The summed E-state index contributed by atoms with van der Waals surface area (Å²) in [5.74, 6) is 0. The molecule has 13 heavy (non-hydrogen) atoms. The van der Waals surface area contributed by atoms with E-state index in [2.05, 4.69) is 0 Å². The predicted molar refractivity (Wildman–Crippen MR) is 38.2 cm³/mol. The van der Waals surface area contributed by atoms with Crippen molar-refractivity contribution >= 4 is 0 Å². The summed E-state index contributed by atoms with van der Waals surface area (Å²) in [6, 6.07) is 0. The van der Waals surface area contributed by atoms with Gasteiger partial charge >= 0.3 is 0 Å². The number of rotatable bonds is 5. The SMILES string of the molecule is OC[C@@H](O)[C@@H](O)[C@H](O)[C@@H](O)CO.[Fe]. The van der Waals surface area contributed by atoms with Crippen molar-refractivity contribution in [1.82, 2.24) is 0 Å². The Kier molecular flexibility index (Phi) is 9.28. The summed E-state index contributed by atoms with van der Waals surface area (Å²) in [7, 11) is 0. The van der Waals surface area contributed by atoms with Gasteiger partial charge in [-0.2, -0.15) is 0 Å². The van der Waals surface area contributed by atoms with E-state index in [0.29, 0.717) is 0 Å². The first-order valence-corrected chi connectivity index (χ1v) is 3.48. The van der Waals surface area contributed by atoms with Crippen molar-refractivity contribution in [2.75, 3.05) is 13.2 Å². The maximum absolute atomic E-state index is 8.96. The van der Waals surface area contributed by atoms with Crippen LogP contribution in [0.5, 0.6) is 0 Å². The molecule has 0 unspecified atom stereocenters. The minimum Gasteiger partial charge on any atom is -0.394 e. The molecular weight excluding hydrogens is 224 g/mol. The summed E-state index contributed by atoms with van der Waals surface area (Å²) >= 11 is 0. The quantitative estimate of drug-likeness (QED) is 0.275. The Balaban J connectivity index is 0. The Morgan fingerprint density at radius 3 is 1.08 bits per heavy atom. The van der Waals surface area contributed by atoms with Crippen LogP contribution in [0.3, 0.4) is 0 Å².